The third-order valence-electron chi connectivity index (χ3n) is 3.06. The number of hydrogen-bond donors (Lipinski definition) is 1. The van der Waals surface area contributed by atoms with Crippen molar-refractivity contribution in [1.82, 2.24) is 5.32 Å². The number of carbonyl (C=O) groups is 1. The van der Waals surface area contributed by atoms with E-state index in [-0.39, 0.29) is 23.3 Å². The van der Waals surface area contributed by atoms with Gasteiger partial charge < -0.3 is 5.32 Å². The van der Waals surface area contributed by atoms with Gasteiger partial charge in [-0.1, -0.05) is 6.92 Å². The summed E-state index contributed by atoms with van der Waals surface area (Å²) >= 11 is 5.87. The highest BCUT2D eigenvalue weighted by Gasteiger charge is 2.43. The molecule has 6 heteroatoms. The summed E-state index contributed by atoms with van der Waals surface area (Å²) in [5, 5.41) is 2.25. The largest absolute Gasteiger partial charge is 0.351 e. The maximum Gasteiger partial charge on any atom is 0.223 e. The van der Waals surface area contributed by atoms with Crippen LogP contribution < -0.4 is 5.32 Å². The van der Waals surface area contributed by atoms with E-state index in [0.29, 0.717) is 5.92 Å². The van der Waals surface area contributed by atoms with Crippen molar-refractivity contribution in [1.29, 1.82) is 0 Å². The zero-order chi connectivity index (χ0) is 11.2. The molecule has 2 aliphatic rings. The number of carbonyl (C=O) groups excluding carboxylic acids is 1. The quantitative estimate of drug-likeness (QED) is 0.712. The summed E-state index contributed by atoms with van der Waals surface area (Å²) in [6, 6.07) is -0.406. The highest BCUT2D eigenvalue weighted by molar-refractivity contribution is 7.91. The molecule has 15 heavy (non-hydrogen) atoms. The Morgan fingerprint density at radius 2 is 2.00 bits per heavy atom. The first-order chi connectivity index (χ1) is 6.89. The molecule has 1 saturated carbocycles. The van der Waals surface area contributed by atoms with Crippen LogP contribution >= 0.6 is 11.6 Å². The molecular weight excluding hydrogens is 238 g/mol. The van der Waals surface area contributed by atoms with E-state index < -0.39 is 21.3 Å². The van der Waals surface area contributed by atoms with Crippen molar-refractivity contribution in [2.75, 3.05) is 11.5 Å². The molecule has 4 atom stereocenters. The molecule has 0 radical (unpaired) electrons. The molecule has 1 amide bonds. The number of rotatable bonds is 2. The lowest BCUT2D eigenvalue weighted by Crippen LogP contribution is -2.41. The van der Waals surface area contributed by atoms with Gasteiger partial charge in [0.05, 0.1) is 22.9 Å². The van der Waals surface area contributed by atoms with Crippen LogP contribution in [-0.2, 0) is 14.6 Å². The van der Waals surface area contributed by atoms with Crippen molar-refractivity contribution in [3.63, 3.8) is 0 Å². The average molecular weight is 252 g/mol. The molecule has 4 nitrogen and oxygen atoms in total. The summed E-state index contributed by atoms with van der Waals surface area (Å²) in [5.74, 6) is 0.400. The first-order valence-corrected chi connectivity index (χ1v) is 7.30. The smallest absolute Gasteiger partial charge is 0.223 e. The summed E-state index contributed by atoms with van der Waals surface area (Å²) in [7, 11) is -3.06. The van der Waals surface area contributed by atoms with Crippen molar-refractivity contribution in [3.05, 3.63) is 0 Å². The zero-order valence-electron chi connectivity index (χ0n) is 8.44. The van der Waals surface area contributed by atoms with Gasteiger partial charge >= 0.3 is 0 Å². The molecule has 2 rings (SSSR count). The van der Waals surface area contributed by atoms with Gasteiger partial charge in [0.25, 0.3) is 0 Å². The van der Waals surface area contributed by atoms with Gasteiger partial charge in [0.15, 0.2) is 9.84 Å². The Balaban J connectivity index is 1.93. The van der Waals surface area contributed by atoms with Crippen LogP contribution in [0.4, 0.5) is 0 Å². The number of halogens is 1. The number of amides is 1. The molecule has 1 aliphatic heterocycles. The Bertz CT molecular complexity index is 381. The van der Waals surface area contributed by atoms with Crippen LogP contribution in [0, 0.1) is 11.8 Å². The van der Waals surface area contributed by atoms with Crippen LogP contribution in [0.1, 0.15) is 13.3 Å². The normalized spacial score (nSPS) is 42.5. The molecule has 4 unspecified atom stereocenters. The van der Waals surface area contributed by atoms with Crippen LogP contribution in [0.2, 0.25) is 0 Å². The van der Waals surface area contributed by atoms with E-state index in [4.69, 9.17) is 11.6 Å². The summed E-state index contributed by atoms with van der Waals surface area (Å²) in [4.78, 5) is 11.6. The fraction of sp³-hybridized carbons (Fsp3) is 0.889. The standard InChI is InChI=1S/C9H14ClNO3S/c1-5-2-6(5)9(12)11-8-4-15(13,14)3-7(8)10/h5-8H,2-4H2,1H3,(H,11,12). The Hall–Kier alpha value is -0.290. The van der Waals surface area contributed by atoms with Gasteiger partial charge in [-0.05, 0) is 12.3 Å². The van der Waals surface area contributed by atoms with Crippen LogP contribution in [0.15, 0.2) is 0 Å². The number of sulfone groups is 1. The lowest BCUT2D eigenvalue weighted by Gasteiger charge is -2.13. The van der Waals surface area contributed by atoms with Crippen LogP contribution in [-0.4, -0.2) is 37.2 Å². The Kier molecular flexibility index (Phi) is 2.71. The maximum atomic E-state index is 11.6. The van der Waals surface area contributed by atoms with Gasteiger partial charge in [-0.25, -0.2) is 8.42 Å². The van der Waals surface area contributed by atoms with Crippen molar-refractivity contribution in [3.8, 4) is 0 Å². The van der Waals surface area contributed by atoms with Gasteiger partial charge in [-0.3, -0.25) is 4.79 Å². The Morgan fingerprint density at radius 3 is 2.40 bits per heavy atom. The molecular formula is C9H14ClNO3S. The monoisotopic (exact) mass is 251 g/mol. The Morgan fingerprint density at radius 1 is 1.40 bits per heavy atom. The second kappa shape index (κ2) is 3.63. The molecule has 1 saturated heterocycles. The molecule has 2 fully saturated rings. The fourth-order valence-corrected chi connectivity index (χ4v) is 4.46. The number of nitrogens with one attached hydrogen (secondary N) is 1. The van der Waals surface area contributed by atoms with Gasteiger partial charge in [-0.15, -0.1) is 11.6 Å². The summed E-state index contributed by atoms with van der Waals surface area (Å²) < 4.78 is 22.5. The van der Waals surface area contributed by atoms with E-state index in [1.54, 1.807) is 0 Å². The molecule has 0 spiro atoms. The SMILES string of the molecule is CC1CC1C(=O)NC1CS(=O)(=O)CC1Cl. The zero-order valence-corrected chi connectivity index (χ0v) is 10.0. The van der Waals surface area contributed by atoms with Gasteiger partial charge in [-0.2, -0.15) is 0 Å². The minimum Gasteiger partial charge on any atom is -0.351 e. The molecule has 0 aromatic rings. The number of alkyl halides is 1. The maximum absolute atomic E-state index is 11.6. The molecule has 0 bridgehead atoms. The van der Waals surface area contributed by atoms with E-state index in [2.05, 4.69) is 5.32 Å². The summed E-state index contributed by atoms with van der Waals surface area (Å²) in [5.41, 5.74) is 0. The highest BCUT2D eigenvalue weighted by atomic mass is 35.5. The van der Waals surface area contributed by atoms with E-state index in [9.17, 15) is 13.2 Å². The molecule has 1 heterocycles. The molecule has 0 aromatic carbocycles. The van der Waals surface area contributed by atoms with Crippen molar-refractivity contribution in [2.24, 2.45) is 11.8 Å². The third kappa shape index (κ3) is 2.45. The predicted molar refractivity (Wildman–Crippen MR) is 57.5 cm³/mol. The van der Waals surface area contributed by atoms with Gasteiger partial charge in [0.1, 0.15) is 0 Å². The third-order valence-corrected chi connectivity index (χ3v) is 5.43. The van der Waals surface area contributed by atoms with E-state index >= 15 is 0 Å². The van der Waals surface area contributed by atoms with Crippen LogP contribution in [0.25, 0.3) is 0 Å². The topological polar surface area (TPSA) is 63.2 Å². The molecule has 0 aromatic heterocycles. The minimum atomic E-state index is -3.06. The highest BCUT2D eigenvalue weighted by Crippen LogP contribution is 2.38. The summed E-state index contributed by atoms with van der Waals surface area (Å²) in [6.45, 7) is 2.01. The minimum absolute atomic E-state index is 0.0198. The second-order valence-electron chi connectivity index (χ2n) is 4.53. The van der Waals surface area contributed by atoms with Gasteiger partial charge in [0, 0.05) is 5.92 Å². The fourth-order valence-electron chi connectivity index (χ4n) is 1.91. The van der Waals surface area contributed by atoms with Crippen LogP contribution in [0.3, 0.4) is 0 Å². The van der Waals surface area contributed by atoms with E-state index in [1.807, 2.05) is 6.92 Å². The lowest BCUT2D eigenvalue weighted by molar-refractivity contribution is -0.123. The summed E-state index contributed by atoms with van der Waals surface area (Å²) in [6.07, 6.45) is 0.901. The number of hydrogen-bond acceptors (Lipinski definition) is 3. The lowest BCUT2D eigenvalue weighted by atomic mass is 10.2. The molecule has 86 valence electrons. The van der Waals surface area contributed by atoms with Crippen LogP contribution in [0.5, 0.6) is 0 Å². The average Bonchev–Trinajstić information content (AvgIpc) is 2.73. The van der Waals surface area contributed by atoms with Gasteiger partial charge in [0.2, 0.25) is 5.91 Å². The van der Waals surface area contributed by atoms with Crippen molar-refractivity contribution >= 4 is 27.3 Å². The second-order valence-corrected chi connectivity index (χ2v) is 7.24. The van der Waals surface area contributed by atoms with E-state index in [0.717, 1.165) is 6.42 Å². The molecule has 1 N–H and O–H groups in total. The van der Waals surface area contributed by atoms with E-state index in [1.165, 1.54) is 0 Å². The predicted octanol–water partition coefficient (Wildman–Crippen LogP) is 0.163. The molecule has 1 aliphatic carbocycles. The van der Waals surface area contributed by atoms with Crippen molar-refractivity contribution in [2.45, 2.75) is 24.8 Å². The Labute approximate surface area is 94.3 Å². The first-order valence-electron chi connectivity index (χ1n) is 5.04. The van der Waals surface area contributed by atoms with Crippen molar-refractivity contribution < 1.29 is 13.2 Å². The first kappa shape index (κ1) is 11.2.